The number of rotatable bonds is 6. The molecule has 0 bridgehead atoms. The van der Waals surface area contributed by atoms with Crippen LogP contribution in [0.3, 0.4) is 0 Å². The Hall–Kier alpha value is -3.16. The fourth-order valence-electron chi connectivity index (χ4n) is 2.20. The van der Waals surface area contributed by atoms with Gasteiger partial charge in [0.15, 0.2) is 0 Å². The number of carbonyl (C=O) groups excluding carboxylic acids is 4. The number of imide groups is 1. The molecule has 0 radical (unpaired) electrons. The van der Waals surface area contributed by atoms with Crippen molar-refractivity contribution < 1.29 is 23.9 Å². The minimum atomic E-state index is -0.486. The normalized spacial score (nSPS) is 14.3. The molecule has 1 fully saturated rings. The first-order valence-corrected chi connectivity index (χ1v) is 7.71. The molecule has 132 valence electrons. The van der Waals surface area contributed by atoms with Gasteiger partial charge in [-0.15, -0.1) is 0 Å². The van der Waals surface area contributed by atoms with Crippen molar-refractivity contribution in [2.45, 2.75) is 6.92 Å². The van der Waals surface area contributed by atoms with Crippen LogP contribution in [0.2, 0.25) is 0 Å². The lowest BCUT2D eigenvalue weighted by Crippen LogP contribution is -2.38. The Bertz CT molecular complexity index is 711. The van der Waals surface area contributed by atoms with E-state index < -0.39 is 23.8 Å². The van der Waals surface area contributed by atoms with Gasteiger partial charge < -0.3 is 15.0 Å². The van der Waals surface area contributed by atoms with E-state index in [4.69, 9.17) is 4.74 Å². The third kappa shape index (κ3) is 4.90. The van der Waals surface area contributed by atoms with E-state index in [0.717, 1.165) is 10.5 Å². The van der Waals surface area contributed by atoms with Crippen molar-refractivity contribution in [3.63, 3.8) is 0 Å². The molecule has 1 aliphatic rings. The molecular weight excluding hydrogens is 326 g/mol. The van der Waals surface area contributed by atoms with E-state index in [1.807, 2.05) is 0 Å². The monoisotopic (exact) mass is 345 g/mol. The third-order valence-corrected chi connectivity index (χ3v) is 3.43. The second-order valence-electron chi connectivity index (χ2n) is 5.37. The highest BCUT2D eigenvalue weighted by Gasteiger charge is 2.34. The van der Waals surface area contributed by atoms with Crippen LogP contribution in [0.25, 0.3) is 6.08 Å². The van der Waals surface area contributed by atoms with Crippen molar-refractivity contribution in [2.24, 2.45) is 0 Å². The van der Waals surface area contributed by atoms with Gasteiger partial charge in [-0.05, 0) is 30.7 Å². The summed E-state index contributed by atoms with van der Waals surface area (Å²) in [6.45, 7) is 1.69. The highest BCUT2D eigenvalue weighted by Crippen LogP contribution is 2.12. The van der Waals surface area contributed by atoms with Crippen LogP contribution in [0.1, 0.15) is 12.5 Å². The average molecular weight is 345 g/mol. The largest absolute Gasteiger partial charge is 0.463 e. The van der Waals surface area contributed by atoms with Gasteiger partial charge in [0.25, 0.3) is 5.91 Å². The van der Waals surface area contributed by atoms with E-state index in [0.29, 0.717) is 12.3 Å². The summed E-state index contributed by atoms with van der Waals surface area (Å²) in [6, 6.07) is 6.25. The number of hydrogen-bond donors (Lipinski definition) is 1. The molecule has 8 heteroatoms. The number of nitrogens with one attached hydrogen (secondary N) is 1. The Balaban J connectivity index is 1.90. The molecule has 25 heavy (non-hydrogen) atoms. The smallest absolute Gasteiger partial charge is 0.330 e. The van der Waals surface area contributed by atoms with Crippen LogP contribution in [0.5, 0.6) is 0 Å². The SMILES string of the molecule is CCOC(=O)C=Cc1ccc(NC(=O)CN2C(=O)CN(C)C2=O)cc1. The van der Waals surface area contributed by atoms with E-state index in [1.165, 1.54) is 18.0 Å². The van der Waals surface area contributed by atoms with Gasteiger partial charge >= 0.3 is 12.0 Å². The predicted octanol–water partition coefficient (Wildman–Crippen LogP) is 1.10. The van der Waals surface area contributed by atoms with Crippen molar-refractivity contribution in [2.75, 3.05) is 32.1 Å². The molecule has 1 aromatic rings. The highest BCUT2D eigenvalue weighted by molar-refractivity contribution is 6.06. The molecule has 0 atom stereocenters. The van der Waals surface area contributed by atoms with Crippen LogP contribution < -0.4 is 5.32 Å². The number of urea groups is 1. The van der Waals surface area contributed by atoms with Crippen LogP contribution in [0, 0.1) is 0 Å². The summed E-state index contributed by atoms with van der Waals surface area (Å²) in [6.07, 6.45) is 2.92. The second-order valence-corrected chi connectivity index (χ2v) is 5.37. The maximum Gasteiger partial charge on any atom is 0.330 e. The van der Waals surface area contributed by atoms with Gasteiger partial charge in [0.2, 0.25) is 5.91 Å². The molecule has 0 aromatic heterocycles. The zero-order valence-corrected chi connectivity index (χ0v) is 14.0. The molecule has 1 aromatic carbocycles. The molecule has 8 nitrogen and oxygen atoms in total. The summed E-state index contributed by atoms with van der Waals surface area (Å²) in [5, 5.41) is 2.62. The summed E-state index contributed by atoms with van der Waals surface area (Å²) in [5.74, 6) is -1.29. The van der Waals surface area contributed by atoms with Crippen molar-refractivity contribution in [1.29, 1.82) is 0 Å². The molecule has 0 unspecified atom stereocenters. The lowest BCUT2D eigenvalue weighted by atomic mass is 10.2. The molecule has 1 heterocycles. The minimum absolute atomic E-state index is 0.0202. The van der Waals surface area contributed by atoms with Gasteiger partial charge in [0, 0.05) is 18.8 Å². The lowest BCUT2D eigenvalue weighted by Gasteiger charge is -2.13. The van der Waals surface area contributed by atoms with Crippen LogP contribution >= 0.6 is 0 Å². The van der Waals surface area contributed by atoms with Gasteiger partial charge in [0.05, 0.1) is 6.61 Å². The third-order valence-electron chi connectivity index (χ3n) is 3.43. The van der Waals surface area contributed by atoms with Crippen molar-refractivity contribution in [3.8, 4) is 0 Å². The molecule has 1 saturated heterocycles. The zero-order valence-electron chi connectivity index (χ0n) is 14.0. The van der Waals surface area contributed by atoms with Crippen molar-refractivity contribution in [3.05, 3.63) is 35.9 Å². The fourth-order valence-corrected chi connectivity index (χ4v) is 2.20. The second kappa shape index (κ2) is 8.09. The Morgan fingerprint density at radius 2 is 1.92 bits per heavy atom. The van der Waals surface area contributed by atoms with Crippen LogP contribution in [0.4, 0.5) is 10.5 Å². The van der Waals surface area contributed by atoms with Gasteiger partial charge in [-0.2, -0.15) is 0 Å². The first-order valence-electron chi connectivity index (χ1n) is 7.71. The van der Waals surface area contributed by atoms with Crippen LogP contribution in [0.15, 0.2) is 30.3 Å². The Morgan fingerprint density at radius 3 is 2.48 bits per heavy atom. The van der Waals surface area contributed by atoms with Gasteiger partial charge in [0.1, 0.15) is 13.1 Å². The molecule has 0 saturated carbocycles. The number of hydrogen-bond acceptors (Lipinski definition) is 5. The Kier molecular flexibility index (Phi) is 5.89. The lowest BCUT2D eigenvalue weighted by molar-refractivity contribution is -0.137. The molecule has 0 aliphatic carbocycles. The number of amides is 4. The van der Waals surface area contributed by atoms with Gasteiger partial charge in [-0.3, -0.25) is 14.5 Å². The van der Waals surface area contributed by atoms with Gasteiger partial charge in [-0.1, -0.05) is 12.1 Å². The number of likely N-dealkylation sites (N-methyl/N-ethyl adjacent to an activating group) is 1. The number of carbonyl (C=O) groups is 4. The van der Waals surface area contributed by atoms with E-state index >= 15 is 0 Å². The maximum atomic E-state index is 12.0. The molecule has 2 rings (SSSR count). The number of nitrogens with zero attached hydrogens (tertiary/aromatic N) is 2. The minimum Gasteiger partial charge on any atom is -0.463 e. The Labute approximate surface area is 145 Å². The summed E-state index contributed by atoms with van der Waals surface area (Å²) in [5.41, 5.74) is 1.28. The quantitative estimate of drug-likeness (QED) is 0.473. The summed E-state index contributed by atoms with van der Waals surface area (Å²) in [7, 11) is 1.50. The summed E-state index contributed by atoms with van der Waals surface area (Å²) < 4.78 is 4.78. The van der Waals surface area contributed by atoms with Gasteiger partial charge in [-0.25, -0.2) is 9.59 Å². The van der Waals surface area contributed by atoms with Crippen LogP contribution in [-0.2, 0) is 19.1 Å². The maximum absolute atomic E-state index is 12.0. The van der Waals surface area contributed by atoms with E-state index in [2.05, 4.69) is 5.32 Å². The zero-order chi connectivity index (χ0) is 18.4. The number of anilines is 1. The first kappa shape index (κ1) is 18.2. The van der Waals surface area contributed by atoms with Crippen molar-refractivity contribution in [1.82, 2.24) is 9.80 Å². The predicted molar refractivity (Wildman–Crippen MR) is 90.5 cm³/mol. The highest BCUT2D eigenvalue weighted by atomic mass is 16.5. The van der Waals surface area contributed by atoms with Crippen LogP contribution in [-0.4, -0.2) is 60.4 Å². The molecule has 1 aliphatic heterocycles. The number of esters is 1. The topological polar surface area (TPSA) is 96.0 Å². The number of ether oxygens (including phenoxy) is 1. The Morgan fingerprint density at radius 1 is 1.24 bits per heavy atom. The molecule has 4 amide bonds. The first-order chi connectivity index (χ1) is 11.9. The van der Waals surface area contributed by atoms with Crippen molar-refractivity contribution >= 4 is 35.6 Å². The van der Waals surface area contributed by atoms with E-state index in [1.54, 1.807) is 37.3 Å². The summed E-state index contributed by atoms with van der Waals surface area (Å²) in [4.78, 5) is 48.8. The standard InChI is InChI=1S/C17H19N3O5/c1-3-25-16(23)9-6-12-4-7-13(8-5-12)18-14(21)10-20-15(22)11-19(2)17(20)24/h4-9H,3,10-11H2,1-2H3,(H,18,21). The molecule has 1 N–H and O–H groups in total. The summed E-state index contributed by atoms with van der Waals surface area (Å²) >= 11 is 0. The molecular formula is C17H19N3O5. The van der Waals surface area contributed by atoms with E-state index in [9.17, 15) is 19.2 Å². The van der Waals surface area contributed by atoms with E-state index in [-0.39, 0.29) is 13.1 Å². The molecule has 0 spiro atoms. The fraction of sp³-hybridized carbons (Fsp3) is 0.294. The number of benzene rings is 1. The average Bonchev–Trinajstić information content (AvgIpc) is 2.81.